The maximum Gasteiger partial charge on any atom is 0.407 e. The van der Waals surface area contributed by atoms with Crippen LogP contribution in [0, 0.1) is 0 Å². The second-order valence-electron chi connectivity index (χ2n) is 3.24. The van der Waals surface area contributed by atoms with Crippen molar-refractivity contribution in [1.82, 2.24) is 5.32 Å². The number of rotatable bonds is 6. The van der Waals surface area contributed by atoms with Crippen molar-refractivity contribution in [2.75, 3.05) is 6.61 Å². The van der Waals surface area contributed by atoms with E-state index in [-0.39, 0.29) is 13.0 Å². The highest BCUT2D eigenvalue weighted by Gasteiger charge is 2.18. The fourth-order valence-electron chi connectivity index (χ4n) is 1.22. The highest BCUT2D eigenvalue weighted by molar-refractivity contribution is 7.07. The third-order valence-corrected chi connectivity index (χ3v) is 2.65. The van der Waals surface area contributed by atoms with Gasteiger partial charge in [0.1, 0.15) is 6.61 Å². The number of hydrogen-bond donors (Lipinski definition) is 2. The second-order valence-corrected chi connectivity index (χ2v) is 4.02. The summed E-state index contributed by atoms with van der Waals surface area (Å²) < 4.78 is 4.74. The smallest absolute Gasteiger partial charge is 0.407 e. The molecule has 1 aromatic rings. The number of ether oxygens (including phenoxy) is 1. The molecule has 1 aromatic heterocycles. The molecule has 1 rings (SSSR count). The van der Waals surface area contributed by atoms with E-state index in [9.17, 15) is 9.59 Å². The number of amides is 1. The Bertz CT molecular complexity index is 388. The number of hydrogen-bond acceptors (Lipinski definition) is 4. The molecule has 1 amide bonds. The molecule has 92 valence electrons. The lowest BCUT2D eigenvalue weighted by atomic mass is 10.1. The van der Waals surface area contributed by atoms with E-state index >= 15 is 0 Å². The standard InChI is InChI=1S/C11H13NO4S/c1-2-4-16-11(15)12-9(6-10(13)14)8-3-5-17-7-8/h2-3,5,7,9H,1,4,6H2,(H,12,15)(H,13,14)/t9-/m1/s1. The Balaban J connectivity index is 2.61. The highest BCUT2D eigenvalue weighted by atomic mass is 32.1. The zero-order valence-corrected chi connectivity index (χ0v) is 9.90. The van der Waals surface area contributed by atoms with Crippen molar-refractivity contribution in [3.63, 3.8) is 0 Å². The molecule has 0 bridgehead atoms. The molecule has 1 heterocycles. The Morgan fingerprint density at radius 3 is 2.94 bits per heavy atom. The molecule has 0 fully saturated rings. The second kappa shape index (κ2) is 6.70. The normalized spacial score (nSPS) is 11.5. The summed E-state index contributed by atoms with van der Waals surface area (Å²) in [5.74, 6) is -0.981. The molecule has 0 aliphatic heterocycles. The number of carbonyl (C=O) groups is 2. The van der Waals surface area contributed by atoms with Crippen molar-refractivity contribution in [2.45, 2.75) is 12.5 Å². The number of carboxylic acids is 1. The highest BCUT2D eigenvalue weighted by Crippen LogP contribution is 2.19. The number of nitrogens with one attached hydrogen (secondary N) is 1. The van der Waals surface area contributed by atoms with Crippen LogP contribution in [0.25, 0.3) is 0 Å². The molecule has 0 radical (unpaired) electrons. The Hall–Kier alpha value is -1.82. The molecule has 0 unspecified atom stereocenters. The van der Waals surface area contributed by atoms with E-state index in [0.29, 0.717) is 0 Å². The predicted octanol–water partition coefficient (Wildman–Crippen LogP) is 2.18. The van der Waals surface area contributed by atoms with Gasteiger partial charge < -0.3 is 15.2 Å². The van der Waals surface area contributed by atoms with Gasteiger partial charge in [0.15, 0.2) is 0 Å². The van der Waals surface area contributed by atoms with Crippen molar-refractivity contribution in [1.29, 1.82) is 0 Å². The van der Waals surface area contributed by atoms with Crippen molar-refractivity contribution in [2.24, 2.45) is 0 Å². The number of carboxylic acid groups (broad SMARTS) is 1. The summed E-state index contributed by atoms with van der Waals surface area (Å²) in [6.45, 7) is 3.51. The lowest BCUT2D eigenvalue weighted by molar-refractivity contribution is -0.137. The van der Waals surface area contributed by atoms with Crippen LogP contribution in [0.1, 0.15) is 18.0 Å². The zero-order valence-electron chi connectivity index (χ0n) is 9.09. The summed E-state index contributed by atoms with van der Waals surface area (Å²) in [6.07, 6.45) is 0.610. The maximum atomic E-state index is 11.3. The lowest BCUT2D eigenvalue weighted by Gasteiger charge is -2.15. The fourth-order valence-corrected chi connectivity index (χ4v) is 1.93. The van der Waals surface area contributed by atoms with Crippen LogP contribution in [0.4, 0.5) is 4.79 Å². The molecule has 17 heavy (non-hydrogen) atoms. The quantitative estimate of drug-likeness (QED) is 0.764. The Labute approximate surface area is 103 Å². The molecular weight excluding hydrogens is 242 g/mol. The van der Waals surface area contributed by atoms with Gasteiger partial charge in [0.2, 0.25) is 0 Å². The monoisotopic (exact) mass is 255 g/mol. The third kappa shape index (κ3) is 4.69. The molecule has 0 saturated heterocycles. The summed E-state index contributed by atoms with van der Waals surface area (Å²) in [4.78, 5) is 22.0. The Morgan fingerprint density at radius 1 is 1.65 bits per heavy atom. The maximum absolute atomic E-state index is 11.3. The van der Waals surface area contributed by atoms with Crippen LogP contribution >= 0.6 is 11.3 Å². The Morgan fingerprint density at radius 2 is 2.41 bits per heavy atom. The van der Waals surface area contributed by atoms with Gasteiger partial charge in [-0.3, -0.25) is 4.79 Å². The first-order valence-electron chi connectivity index (χ1n) is 4.91. The fraction of sp³-hybridized carbons (Fsp3) is 0.273. The number of carbonyl (C=O) groups excluding carboxylic acids is 1. The third-order valence-electron chi connectivity index (χ3n) is 1.95. The largest absolute Gasteiger partial charge is 0.481 e. The van der Waals surface area contributed by atoms with Crippen LogP contribution in [-0.4, -0.2) is 23.8 Å². The summed E-state index contributed by atoms with van der Waals surface area (Å²) in [5.41, 5.74) is 0.757. The van der Waals surface area contributed by atoms with Gasteiger partial charge in [-0.05, 0) is 22.4 Å². The van der Waals surface area contributed by atoms with Gasteiger partial charge in [-0.25, -0.2) is 4.79 Å². The van der Waals surface area contributed by atoms with Gasteiger partial charge in [-0.15, -0.1) is 0 Å². The summed E-state index contributed by atoms with van der Waals surface area (Å²) in [5, 5.41) is 14.9. The topological polar surface area (TPSA) is 75.6 Å². The molecule has 0 aliphatic carbocycles. The lowest BCUT2D eigenvalue weighted by Crippen LogP contribution is -2.30. The molecule has 0 aromatic carbocycles. The van der Waals surface area contributed by atoms with Gasteiger partial charge in [0, 0.05) is 0 Å². The first-order chi connectivity index (χ1) is 8.13. The summed E-state index contributed by atoms with van der Waals surface area (Å²) in [7, 11) is 0. The van der Waals surface area contributed by atoms with E-state index in [0.717, 1.165) is 5.56 Å². The van der Waals surface area contributed by atoms with E-state index in [1.165, 1.54) is 17.4 Å². The molecule has 6 heteroatoms. The Kier molecular flexibility index (Phi) is 5.22. The van der Waals surface area contributed by atoms with Crippen molar-refractivity contribution in [3.8, 4) is 0 Å². The van der Waals surface area contributed by atoms with Crippen LogP contribution in [0.5, 0.6) is 0 Å². The SMILES string of the molecule is C=CCOC(=O)N[C@H](CC(=O)O)c1ccsc1. The van der Waals surface area contributed by atoms with Crippen molar-refractivity contribution < 1.29 is 19.4 Å². The first kappa shape index (κ1) is 13.2. The van der Waals surface area contributed by atoms with E-state index in [4.69, 9.17) is 9.84 Å². The number of alkyl carbamates (subject to hydrolysis) is 1. The summed E-state index contributed by atoms with van der Waals surface area (Å²) >= 11 is 1.44. The van der Waals surface area contributed by atoms with Crippen molar-refractivity contribution >= 4 is 23.4 Å². The van der Waals surface area contributed by atoms with Crippen LogP contribution in [0.2, 0.25) is 0 Å². The average molecular weight is 255 g/mol. The van der Waals surface area contributed by atoms with Gasteiger partial charge in [0.05, 0.1) is 12.5 Å². The number of thiophene rings is 1. The van der Waals surface area contributed by atoms with Gasteiger partial charge >= 0.3 is 12.1 Å². The van der Waals surface area contributed by atoms with Gasteiger partial charge in [0.25, 0.3) is 0 Å². The number of aliphatic carboxylic acids is 1. The molecule has 1 atom stereocenters. The zero-order chi connectivity index (χ0) is 12.7. The molecule has 2 N–H and O–H groups in total. The van der Waals surface area contributed by atoms with Crippen LogP contribution in [0.15, 0.2) is 29.5 Å². The molecule has 0 aliphatic rings. The summed E-state index contributed by atoms with van der Waals surface area (Å²) in [6, 6.07) is 1.20. The van der Waals surface area contributed by atoms with Gasteiger partial charge in [-0.1, -0.05) is 12.7 Å². The predicted molar refractivity (Wildman–Crippen MR) is 64.0 cm³/mol. The van der Waals surface area contributed by atoms with E-state index < -0.39 is 18.1 Å². The van der Waals surface area contributed by atoms with Crippen LogP contribution < -0.4 is 5.32 Å². The molecular formula is C11H13NO4S. The average Bonchev–Trinajstić information content (AvgIpc) is 2.78. The van der Waals surface area contributed by atoms with E-state index in [1.54, 1.807) is 11.4 Å². The minimum Gasteiger partial charge on any atom is -0.481 e. The first-order valence-corrected chi connectivity index (χ1v) is 5.86. The van der Waals surface area contributed by atoms with E-state index in [1.807, 2.05) is 5.38 Å². The van der Waals surface area contributed by atoms with Gasteiger partial charge in [-0.2, -0.15) is 11.3 Å². The minimum absolute atomic E-state index is 0.0925. The van der Waals surface area contributed by atoms with Crippen LogP contribution in [-0.2, 0) is 9.53 Å². The van der Waals surface area contributed by atoms with Crippen LogP contribution in [0.3, 0.4) is 0 Å². The molecule has 5 nitrogen and oxygen atoms in total. The molecule has 0 spiro atoms. The van der Waals surface area contributed by atoms with E-state index in [2.05, 4.69) is 11.9 Å². The molecule has 0 saturated carbocycles. The minimum atomic E-state index is -0.981. The van der Waals surface area contributed by atoms with Crippen molar-refractivity contribution in [3.05, 3.63) is 35.0 Å².